The lowest BCUT2D eigenvalue weighted by atomic mass is 10.1. The van der Waals surface area contributed by atoms with Crippen molar-refractivity contribution in [1.29, 1.82) is 0 Å². The van der Waals surface area contributed by atoms with E-state index in [9.17, 15) is 18.0 Å². The van der Waals surface area contributed by atoms with Crippen molar-refractivity contribution in [3.05, 3.63) is 66.2 Å². The average molecular weight is 474 g/mol. The van der Waals surface area contributed by atoms with Crippen molar-refractivity contribution in [3.63, 3.8) is 0 Å². The number of amides is 2. The van der Waals surface area contributed by atoms with Gasteiger partial charge < -0.3 is 10.2 Å². The van der Waals surface area contributed by atoms with Gasteiger partial charge in [-0.15, -0.1) is 0 Å². The van der Waals surface area contributed by atoms with Crippen LogP contribution in [0.1, 0.15) is 32.8 Å². The van der Waals surface area contributed by atoms with E-state index >= 15 is 0 Å². The predicted molar refractivity (Wildman–Crippen MR) is 132 cm³/mol. The normalized spacial score (nSPS) is 12.3. The third kappa shape index (κ3) is 8.20. The number of sulfonamides is 1. The minimum absolute atomic E-state index is 0.224. The highest BCUT2D eigenvalue weighted by Crippen LogP contribution is 2.18. The second kappa shape index (κ2) is 12.4. The smallest absolute Gasteiger partial charge is 0.244 e. The fourth-order valence-corrected chi connectivity index (χ4v) is 4.38. The maximum Gasteiger partial charge on any atom is 0.244 e. The van der Waals surface area contributed by atoms with Gasteiger partial charge in [0, 0.05) is 13.1 Å². The van der Waals surface area contributed by atoms with Gasteiger partial charge in [-0.05, 0) is 36.5 Å². The SMILES string of the molecule is CC[C@H](C(=O)NCC(C)C)N(CCc1ccccc1)C(=O)CN(c1ccccc1)S(C)(=O)=O. The van der Waals surface area contributed by atoms with E-state index in [1.54, 1.807) is 30.3 Å². The van der Waals surface area contributed by atoms with Crippen LogP contribution in [0.5, 0.6) is 0 Å². The Balaban J connectivity index is 2.31. The van der Waals surface area contributed by atoms with Crippen LogP contribution in [0.2, 0.25) is 0 Å². The molecule has 2 amide bonds. The molecule has 2 rings (SSSR count). The molecule has 0 fully saturated rings. The third-order valence-electron chi connectivity index (χ3n) is 5.28. The standard InChI is InChI=1S/C25H35N3O4S/c1-5-23(25(30)26-18-20(2)3)27(17-16-21-12-8-6-9-13-21)24(29)19-28(33(4,31)32)22-14-10-7-11-15-22/h6-15,20,23H,5,16-19H2,1-4H3,(H,26,30)/t23-/m1/s1. The molecule has 7 nitrogen and oxygen atoms in total. The van der Waals surface area contributed by atoms with E-state index in [0.29, 0.717) is 31.6 Å². The molecule has 1 atom stereocenters. The molecule has 0 saturated heterocycles. The van der Waals surface area contributed by atoms with Gasteiger partial charge in [0.15, 0.2) is 0 Å². The monoisotopic (exact) mass is 473 g/mol. The zero-order valence-corrected chi connectivity index (χ0v) is 20.7. The molecule has 0 unspecified atom stereocenters. The molecule has 33 heavy (non-hydrogen) atoms. The molecule has 2 aromatic rings. The van der Waals surface area contributed by atoms with Gasteiger partial charge in [0.2, 0.25) is 21.8 Å². The zero-order valence-electron chi connectivity index (χ0n) is 19.9. The Bertz CT molecular complexity index is 995. The molecule has 0 aromatic heterocycles. The van der Waals surface area contributed by atoms with Gasteiger partial charge in [-0.25, -0.2) is 8.42 Å². The second-order valence-electron chi connectivity index (χ2n) is 8.49. The van der Waals surface area contributed by atoms with Crippen LogP contribution in [0.4, 0.5) is 5.69 Å². The summed E-state index contributed by atoms with van der Waals surface area (Å²) in [7, 11) is -3.70. The highest BCUT2D eigenvalue weighted by atomic mass is 32.2. The Morgan fingerprint density at radius 3 is 2.06 bits per heavy atom. The first kappa shape index (κ1) is 26.4. The van der Waals surface area contributed by atoms with E-state index in [0.717, 1.165) is 16.1 Å². The van der Waals surface area contributed by atoms with Gasteiger partial charge >= 0.3 is 0 Å². The van der Waals surface area contributed by atoms with E-state index in [1.807, 2.05) is 51.1 Å². The summed E-state index contributed by atoms with van der Waals surface area (Å²) < 4.78 is 26.1. The summed E-state index contributed by atoms with van der Waals surface area (Å²) >= 11 is 0. The Morgan fingerprint density at radius 2 is 1.55 bits per heavy atom. The van der Waals surface area contributed by atoms with Crippen molar-refractivity contribution < 1.29 is 18.0 Å². The fraction of sp³-hybridized carbons (Fsp3) is 0.440. The lowest BCUT2D eigenvalue weighted by Crippen LogP contribution is -2.53. The minimum Gasteiger partial charge on any atom is -0.354 e. The summed E-state index contributed by atoms with van der Waals surface area (Å²) in [6.07, 6.45) is 2.06. The van der Waals surface area contributed by atoms with Crippen LogP contribution < -0.4 is 9.62 Å². The van der Waals surface area contributed by atoms with Gasteiger partial charge in [-0.2, -0.15) is 0 Å². The summed E-state index contributed by atoms with van der Waals surface area (Å²) in [5, 5.41) is 2.92. The van der Waals surface area contributed by atoms with Crippen LogP contribution >= 0.6 is 0 Å². The highest BCUT2D eigenvalue weighted by Gasteiger charge is 2.31. The van der Waals surface area contributed by atoms with Crippen molar-refractivity contribution in [2.24, 2.45) is 5.92 Å². The summed E-state index contributed by atoms with van der Waals surface area (Å²) in [5.74, 6) is -0.358. The summed E-state index contributed by atoms with van der Waals surface area (Å²) in [5.41, 5.74) is 1.45. The Morgan fingerprint density at radius 1 is 0.970 bits per heavy atom. The lowest BCUT2D eigenvalue weighted by molar-refractivity contribution is -0.139. The minimum atomic E-state index is -3.70. The summed E-state index contributed by atoms with van der Waals surface area (Å²) in [6, 6.07) is 17.5. The lowest BCUT2D eigenvalue weighted by Gasteiger charge is -2.33. The van der Waals surface area contributed by atoms with Crippen molar-refractivity contribution in [1.82, 2.24) is 10.2 Å². The van der Waals surface area contributed by atoms with Crippen molar-refractivity contribution in [2.75, 3.05) is 30.2 Å². The van der Waals surface area contributed by atoms with E-state index in [1.165, 1.54) is 4.90 Å². The number of carbonyl (C=O) groups is 2. The van der Waals surface area contributed by atoms with Crippen LogP contribution in [-0.4, -0.2) is 57.1 Å². The predicted octanol–water partition coefficient (Wildman–Crippen LogP) is 3.07. The molecule has 1 N–H and O–H groups in total. The first-order valence-electron chi connectivity index (χ1n) is 11.3. The molecule has 180 valence electrons. The van der Waals surface area contributed by atoms with E-state index in [4.69, 9.17) is 0 Å². The highest BCUT2D eigenvalue weighted by molar-refractivity contribution is 7.92. The first-order chi connectivity index (χ1) is 15.6. The largest absolute Gasteiger partial charge is 0.354 e. The van der Waals surface area contributed by atoms with Crippen LogP contribution in [0.15, 0.2) is 60.7 Å². The van der Waals surface area contributed by atoms with Crippen molar-refractivity contribution in [3.8, 4) is 0 Å². The molecule has 0 aliphatic heterocycles. The van der Waals surface area contributed by atoms with Crippen molar-refractivity contribution >= 4 is 27.5 Å². The summed E-state index contributed by atoms with van der Waals surface area (Å²) in [6.45, 7) is 6.31. The Labute approximate surface area is 197 Å². The quantitative estimate of drug-likeness (QED) is 0.513. The molecule has 0 aliphatic rings. The van der Waals surface area contributed by atoms with Crippen LogP contribution in [0.3, 0.4) is 0 Å². The number of nitrogens with one attached hydrogen (secondary N) is 1. The number of hydrogen-bond acceptors (Lipinski definition) is 4. The van der Waals surface area contributed by atoms with Gasteiger partial charge in [-0.3, -0.25) is 13.9 Å². The molecular formula is C25H35N3O4S. The van der Waals surface area contributed by atoms with E-state index in [-0.39, 0.29) is 18.4 Å². The zero-order chi connectivity index (χ0) is 24.4. The molecule has 2 aromatic carbocycles. The van der Waals surface area contributed by atoms with Crippen molar-refractivity contribution in [2.45, 2.75) is 39.7 Å². The summed E-state index contributed by atoms with van der Waals surface area (Å²) in [4.78, 5) is 27.9. The molecule has 0 spiro atoms. The molecule has 0 heterocycles. The van der Waals surface area contributed by atoms with Gasteiger partial charge in [-0.1, -0.05) is 69.3 Å². The number of carbonyl (C=O) groups excluding carboxylic acids is 2. The Hall–Kier alpha value is -2.87. The molecule has 0 radical (unpaired) electrons. The van der Waals surface area contributed by atoms with Gasteiger partial charge in [0.25, 0.3) is 0 Å². The van der Waals surface area contributed by atoms with Gasteiger partial charge in [0.05, 0.1) is 11.9 Å². The average Bonchev–Trinajstić information content (AvgIpc) is 2.79. The Kier molecular flexibility index (Phi) is 9.91. The number of anilines is 1. The van der Waals surface area contributed by atoms with E-state index < -0.39 is 22.0 Å². The molecule has 0 bridgehead atoms. The number of hydrogen-bond donors (Lipinski definition) is 1. The number of benzene rings is 2. The molecule has 0 aliphatic carbocycles. The molecule has 0 saturated carbocycles. The van der Waals surface area contributed by atoms with Crippen LogP contribution in [0, 0.1) is 5.92 Å². The van der Waals surface area contributed by atoms with Crippen LogP contribution in [-0.2, 0) is 26.0 Å². The number of rotatable bonds is 12. The molecular weight excluding hydrogens is 438 g/mol. The maximum atomic E-state index is 13.5. The molecule has 8 heteroatoms. The van der Waals surface area contributed by atoms with E-state index in [2.05, 4.69) is 5.32 Å². The second-order valence-corrected chi connectivity index (χ2v) is 10.4. The topological polar surface area (TPSA) is 86.8 Å². The first-order valence-corrected chi connectivity index (χ1v) is 13.1. The van der Waals surface area contributed by atoms with Gasteiger partial charge in [0.1, 0.15) is 12.6 Å². The van der Waals surface area contributed by atoms with Crippen LogP contribution in [0.25, 0.3) is 0 Å². The third-order valence-corrected chi connectivity index (χ3v) is 6.42. The maximum absolute atomic E-state index is 13.5. The fourth-order valence-electron chi connectivity index (χ4n) is 3.53. The number of nitrogens with zero attached hydrogens (tertiary/aromatic N) is 2. The number of para-hydroxylation sites is 1.